The molecule has 0 amide bonds. The summed E-state index contributed by atoms with van der Waals surface area (Å²) < 4.78 is 15.5. The number of aryl methyl sites for hydroxylation is 2. The van der Waals surface area contributed by atoms with Crippen molar-refractivity contribution < 1.29 is 9.50 Å². The summed E-state index contributed by atoms with van der Waals surface area (Å²) in [5.41, 5.74) is 6.33. The van der Waals surface area contributed by atoms with Gasteiger partial charge in [0, 0.05) is 38.3 Å². The van der Waals surface area contributed by atoms with E-state index in [1.807, 2.05) is 18.2 Å². The molecule has 4 aromatic rings. The predicted molar refractivity (Wildman–Crippen MR) is 150 cm³/mol. The van der Waals surface area contributed by atoms with Crippen LogP contribution in [0.3, 0.4) is 0 Å². The third-order valence-corrected chi connectivity index (χ3v) is 7.88. The van der Waals surface area contributed by atoms with Crippen LogP contribution in [0.15, 0.2) is 71.5 Å². The topological polar surface area (TPSA) is 61.6 Å². The summed E-state index contributed by atoms with van der Waals surface area (Å²) in [7, 11) is 1.75. The van der Waals surface area contributed by atoms with E-state index in [9.17, 15) is 14.3 Å². The average molecular weight is 515 g/mol. The monoisotopic (exact) mass is 514 g/mol. The van der Waals surface area contributed by atoms with E-state index in [4.69, 9.17) is 4.98 Å². The number of rotatable bonds is 6. The molecule has 0 spiro atoms. The Morgan fingerprint density at radius 1 is 1.03 bits per heavy atom. The number of hydrogen-bond acceptors (Lipinski definition) is 5. The van der Waals surface area contributed by atoms with E-state index >= 15 is 0 Å². The van der Waals surface area contributed by atoms with E-state index in [1.165, 1.54) is 23.3 Å². The van der Waals surface area contributed by atoms with E-state index in [0.29, 0.717) is 12.2 Å². The van der Waals surface area contributed by atoms with Crippen molar-refractivity contribution in [1.82, 2.24) is 14.5 Å². The first-order chi connectivity index (χ1) is 18.3. The van der Waals surface area contributed by atoms with Crippen LogP contribution in [0.2, 0.25) is 0 Å². The maximum atomic E-state index is 13.9. The molecule has 6 nitrogen and oxygen atoms in total. The molecule has 1 N–H and O–H groups in total. The van der Waals surface area contributed by atoms with Gasteiger partial charge in [-0.3, -0.25) is 9.69 Å². The van der Waals surface area contributed by atoms with Gasteiger partial charge in [-0.1, -0.05) is 43.3 Å². The Morgan fingerprint density at radius 3 is 2.47 bits per heavy atom. The third-order valence-electron chi connectivity index (χ3n) is 7.88. The molecule has 0 radical (unpaired) electrons. The number of piperazine rings is 1. The lowest BCUT2D eigenvalue weighted by Crippen LogP contribution is -2.57. The lowest BCUT2D eigenvalue weighted by atomic mass is 9.89. The zero-order chi connectivity index (χ0) is 27.0. The third kappa shape index (κ3) is 4.72. The molecular weight excluding hydrogens is 479 g/mol. The molecule has 0 saturated carbocycles. The van der Waals surface area contributed by atoms with Gasteiger partial charge in [-0.25, -0.2) is 9.37 Å². The number of pyridine rings is 2. The van der Waals surface area contributed by atoms with Gasteiger partial charge in [0.05, 0.1) is 29.5 Å². The molecule has 1 saturated heterocycles. The van der Waals surface area contributed by atoms with Crippen LogP contribution in [-0.4, -0.2) is 44.7 Å². The number of benzene rings is 2. The Bertz CT molecular complexity index is 1500. The van der Waals surface area contributed by atoms with E-state index in [0.717, 1.165) is 35.2 Å². The normalized spacial score (nSPS) is 19.2. The highest BCUT2D eigenvalue weighted by molar-refractivity contribution is 5.88. The molecule has 3 atom stereocenters. The maximum absolute atomic E-state index is 13.9. The van der Waals surface area contributed by atoms with E-state index in [1.54, 1.807) is 23.7 Å². The fourth-order valence-electron chi connectivity index (χ4n) is 5.83. The van der Waals surface area contributed by atoms with Gasteiger partial charge in [0.1, 0.15) is 11.3 Å². The zero-order valence-electron chi connectivity index (χ0n) is 22.4. The summed E-state index contributed by atoms with van der Waals surface area (Å²) >= 11 is 0. The molecule has 1 aliphatic heterocycles. The minimum Gasteiger partial charge on any atom is -0.390 e. The molecule has 7 heteroatoms. The van der Waals surface area contributed by atoms with Gasteiger partial charge in [0.25, 0.3) is 5.56 Å². The molecule has 1 aliphatic rings. The highest BCUT2D eigenvalue weighted by Gasteiger charge is 2.36. The SMILES string of the molecule is CCc1ccccc1C(c1ccc(F)cc1)N1C[C@H](C)N(c2cc(=O)n(C)c3ccc(CO)nc23)C[C@H]1C. The second kappa shape index (κ2) is 10.7. The lowest BCUT2D eigenvalue weighted by molar-refractivity contribution is 0.129. The van der Waals surface area contributed by atoms with Crippen molar-refractivity contribution in [2.45, 2.75) is 51.9 Å². The molecule has 1 fully saturated rings. The van der Waals surface area contributed by atoms with Crippen molar-refractivity contribution in [2.24, 2.45) is 7.05 Å². The van der Waals surface area contributed by atoms with Crippen LogP contribution in [0.5, 0.6) is 0 Å². The van der Waals surface area contributed by atoms with Crippen molar-refractivity contribution in [3.8, 4) is 0 Å². The Labute approximate surface area is 223 Å². The first kappa shape index (κ1) is 26.1. The van der Waals surface area contributed by atoms with Gasteiger partial charge in [0.2, 0.25) is 0 Å². The number of aliphatic hydroxyl groups excluding tert-OH is 1. The molecular formula is C31H35FN4O2. The Balaban J connectivity index is 1.57. The van der Waals surface area contributed by atoms with Crippen molar-refractivity contribution in [3.05, 3.63) is 105 Å². The number of halogens is 1. The first-order valence-corrected chi connectivity index (χ1v) is 13.3. The summed E-state index contributed by atoms with van der Waals surface area (Å²) in [6.45, 7) is 7.83. The lowest BCUT2D eigenvalue weighted by Gasteiger charge is -2.49. The number of hydrogen-bond donors (Lipinski definition) is 1. The number of nitrogens with zero attached hydrogens (tertiary/aromatic N) is 4. The molecule has 198 valence electrons. The summed E-state index contributed by atoms with van der Waals surface area (Å²) in [6, 6.07) is 20.8. The van der Waals surface area contributed by atoms with Gasteiger partial charge in [-0.15, -0.1) is 0 Å². The highest BCUT2D eigenvalue weighted by atomic mass is 19.1. The molecule has 38 heavy (non-hydrogen) atoms. The quantitative estimate of drug-likeness (QED) is 0.400. The second-order valence-corrected chi connectivity index (χ2v) is 10.3. The molecule has 0 aliphatic carbocycles. The smallest absolute Gasteiger partial charge is 0.252 e. The number of aliphatic hydroxyl groups is 1. The zero-order valence-corrected chi connectivity index (χ0v) is 22.4. The fourth-order valence-corrected chi connectivity index (χ4v) is 5.83. The summed E-state index contributed by atoms with van der Waals surface area (Å²) in [5, 5.41) is 9.71. The molecule has 0 bridgehead atoms. The molecule has 2 aromatic heterocycles. The van der Waals surface area contributed by atoms with Crippen molar-refractivity contribution in [1.29, 1.82) is 0 Å². The number of aromatic nitrogens is 2. The summed E-state index contributed by atoms with van der Waals surface area (Å²) in [6.07, 6.45) is 0.913. The van der Waals surface area contributed by atoms with Crippen LogP contribution in [0.4, 0.5) is 10.1 Å². The van der Waals surface area contributed by atoms with Crippen molar-refractivity contribution in [3.63, 3.8) is 0 Å². The van der Waals surface area contributed by atoms with Gasteiger partial charge in [-0.05, 0) is 61.2 Å². The minimum absolute atomic E-state index is 0.0224. The molecule has 2 aromatic carbocycles. The number of fused-ring (bicyclic) bond motifs is 1. The van der Waals surface area contributed by atoms with Crippen LogP contribution in [0.1, 0.15) is 49.2 Å². The molecule has 1 unspecified atom stereocenters. The van der Waals surface area contributed by atoms with Crippen molar-refractivity contribution in [2.75, 3.05) is 18.0 Å². The Hall–Kier alpha value is -3.55. The summed E-state index contributed by atoms with van der Waals surface area (Å²) in [5.74, 6) is -0.241. The van der Waals surface area contributed by atoms with Crippen LogP contribution in [0.25, 0.3) is 11.0 Å². The first-order valence-electron chi connectivity index (χ1n) is 13.3. The highest BCUT2D eigenvalue weighted by Crippen LogP contribution is 2.37. The second-order valence-electron chi connectivity index (χ2n) is 10.3. The largest absolute Gasteiger partial charge is 0.390 e. The standard InChI is InChI=1S/C31H35FN4O2/c1-5-22-8-6-7-9-26(22)31(23-10-12-24(32)13-11-23)36-18-20(2)35(17-21(36)3)28-16-29(38)34(4)27-15-14-25(19-37)33-30(27)28/h6-16,20-21,31,37H,5,17-19H2,1-4H3/t20-,21+,31?/m0/s1. The van der Waals surface area contributed by atoms with Crippen molar-refractivity contribution >= 4 is 16.7 Å². The van der Waals surface area contributed by atoms with Crippen LogP contribution < -0.4 is 10.5 Å². The molecule has 3 heterocycles. The van der Waals surface area contributed by atoms with Gasteiger partial charge in [0.15, 0.2) is 0 Å². The average Bonchev–Trinajstić information content (AvgIpc) is 2.93. The fraction of sp³-hybridized carbons (Fsp3) is 0.355. The van der Waals surface area contributed by atoms with E-state index in [-0.39, 0.29) is 36.1 Å². The van der Waals surface area contributed by atoms with E-state index < -0.39 is 0 Å². The maximum Gasteiger partial charge on any atom is 0.252 e. The summed E-state index contributed by atoms with van der Waals surface area (Å²) in [4.78, 5) is 22.4. The van der Waals surface area contributed by atoms with Gasteiger partial charge >= 0.3 is 0 Å². The van der Waals surface area contributed by atoms with Gasteiger partial charge in [-0.2, -0.15) is 0 Å². The van der Waals surface area contributed by atoms with Gasteiger partial charge < -0.3 is 14.6 Å². The Kier molecular flexibility index (Phi) is 7.32. The van der Waals surface area contributed by atoms with Crippen LogP contribution in [0, 0.1) is 5.82 Å². The van der Waals surface area contributed by atoms with E-state index in [2.05, 4.69) is 54.8 Å². The minimum atomic E-state index is -0.241. The predicted octanol–water partition coefficient (Wildman–Crippen LogP) is 4.82. The van der Waals surface area contributed by atoms with Crippen LogP contribution in [-0.2, 0) is 20.1 Å². The van der Waals surface area contributed by atoms with Crippen LogP contribution >= 0.6 is 0 Å². The number of anilines is 1. The molecule has 5 rings (SSSR count). The Morgan fingerprint density at radius 2 is 1.76 bits per heavy atom.